The van der Waals surface area contributed by atoms with E-state index in [1.165, 1.54) is 11.3 Å². The van der Waals surface area contributed by atoms with Crippen LogP contribution in [-0.4, -0.2) is 10.5 Å². The molecule has 220 valence electrons. The van der Waals surface area contributed by atoms with Crippen molar-refractivity contribution in [1.29, 1.82) is 0 Å². The number of benzene rings is 4. The third-order valence-corrected chi connectivity index (χ3v) is 8.86. The lowest BCUT2D eigenvalue weighted by Gasteiger charge is -2.25. The van der Waals surface area contributed by atoms with E-state index in [0.717, 1.165) is 22.3 Å². The van der Waals surface area contributed by atoms with Crippen LogP contribution in [0.1, 0.15) is 35.2 Å². The number of aromatic nitrogens is 1. The van der Waals surface area contributed by atoms with Crippen LogP contribution in [0.5, 0.6) is 5.75 Å². The lowest BCUT2D eigenvalue weighted by Crippen LogP contribution is -2.39. The molecule has 0 radical (unpaired) electrons. The number of halogens is 2. The molecule has 2 heterocycles. The fourth-order valence-corrected chi connectivity index (χ4v) is 6.29. The largest absolute Gasteiger partial charge is 0.489 e. The Morgan fingerprint density at radius 3 is 2.20 bits per heavy atom. The van der Waals surface area contributed by atoms with E-state index in [9.17, 15) is 9.59 Å². The summed E-state index contributed by atoms with van der Waals surface area (Å²) in [6, 6.07) is 31.2. The third kappa shape index (κ3) is 6.40. The molecule has 6 rings (SSSR count). The van der Waals surface area contributed by atoms with E-state index in [-0.39, 0.29) is 12.2 Å². The van der Waals surface area contributed by atoms with Gasteiger partial charge in [0.25, 0.3) is 5.56 Å². The number of allylic oxidation sites excluding steroid dienone is 1. The van der Waals surface area contributed by atoms with Crippen LogP contribution in [0.3, 0.4) is 0 Å². The van der Waals surface area contributed by atoms with Gasteiger partial charge in [0.1, 0.15) is 19.0 Å². The van der Waals surface area contributed by atoms with Gasteiger partial charge in [-0.25, -0.2) is 9.79 Å². The Kier molecular flexibility index (Phi) is 8.79. The highest BCUT2D eigenvalue weighted by molar-refractivity contribution is 7.07. The summed E-state index contributed by atoms with van der Waals surface area (Å²) in [5, 5.41) is 0.815. The third-order valence-electron chi connectivity index (χ3n) is 7.14. The monoisotopic (exact) mass is 640 g/mol. The molecule has 0 amide bonds. The molecule has 5 aromatic rings. The second-order valence-electron chi connectivity index (χ2n) is 10.2. The smallest absolute Gasteiger partial charge is 0.338 e. The van der Waals surface area contributed by atoms with E-state index < -0.39 is 12.0 Å². The number of fused-ring (bicyclic) bond motifs is 1. The van der Waals surface area contributed by atoms with E-state index >= 15 is 0 Å². The van der Waals surface area contributed by atoms with Gasteiger partial charge in [-0.2, -0.15) is 0 Å². The molecule has 6 nitrogen and oxygen atoms in total. The van der Waals surface area contributed by atoms with Crippen molar-refractivity contribution < 1.29 is 14.3 Å². The summed E-state index contributed by atoms with van der Waals surface area (Å²) in [6.07, 6.45) is 1.75. The number of hydrogen-bond donors (Lipinski definition) is 0. The number of esters is 1. The molecule has 0 saturated heterocycles. The number of carbonyl (C=O) groups is 1. The Labute approximate surface area is 267 Å². The molecule has 4 aromatic carbocycles. The Morgan fingerprint density at radius 1 is 0.886 bits per heavy atom. The minimum Gasteiger partial charge on any atom is -0.489 e. The number of hydrogen-bond acceptors (Lipinski definition) is 6. The minimum atomic E-state index is -0.756. The van der Waals surface area contributed by atoms with Gasteiger partial charge < -0.3 is 9.47 Å². The molecule has 0 bridgehead atoms. The quantitative estimate of drug-likeness (QED) is 0.174. The molecule has 0 N–H and O–H groups in total. The molecule has 0 fully saturated rings. The zero-order valence-corrected chi connectivity index (χ0v) is 25.9. The molecule has 1 aliphatic rings. The molecule has 0 unspecified atom stereocenters. The Morgan fingerprint density at radius 2 is 1.55 bits per heavy atom. The van der Waals surface area contributed by atoms with Crippen molar-refractivity contribution in [1.82, 2.24) is 4.57 Å². The Balaban J connectivity index is 1.38. The molecule has 0 spiro atoms. The van der Waals surface area contributed by atoms with Gasteiger partial charge in [-0.15, -0.1) is 0 Å². The minimum absolute atomic E-state index is 0.0944. The van der Waals surface area contributed by atoms with Crippen LogP contribution in [0.25, 0.3) is 6.08 Å². The summed E-state index contributed by atoms with van der Waals surface area (Å²) in [5.41, 5.74) is 3.85. The van der Waals surface area contributed by atoms with Crippen LogP contribution in [0, 0.1) is 0 Å². The normalized spacial score (nSPS) is 14.6. The van der Waals surface area contributed by atoms with Crippen molar-refractivity contribution in [3.05, 3.63) is 166 Å². The average molecular weight is 642 g/mol. The van der Waals surface area contributed by atoms with Crippen LogP contribution < -0.4 is 19.6 Å². The molecular weight excluding hydrogens is 615 g/mol. The SMILES string of the molecule is CC1=C(C(=O)OCc2ccccc2)[C@H](c2ccc(OCc3ccccc3)cc2)n2c(s/c(=C/c3ccc(Cl)c(Cl)c3)c2=O)=N1. The summed E-state index contributed by atoms with van der Waals surface area (Å²) >= 11 is 13.6. The van der Waals surface area contributed by atoms with Crippen LogP contribution in [-0.2, 0) is 22.7 Å². The van der Waals surface area contributed by atoms with Gasteiger partial charge >= 0.3 is 5.97 Å². The average Bonchev–Trinajstić information content (AvgIpc) is 3.35. The van der Waals surface area contributed by atoms with Crippen molar-refractivity contribution in [2.45, 2.75) is 26.2 Å². The molecule has 0 saturated carbocycles. The van der Waals surface area contributed by atoms with Crippen molar-refractivity contribution in [3.8, 4) is 5.75 Å². The fraction of sp³-hybridized carbons (Fsp3) is 0.114. The van der Waals surface area contributed by atoms with Gasteiger partial charge in [-0.3, -0.25) is 9.36 Å². The molecule has 1 atom stereocenters. The van der Waals surface area contributed by atoms with E-state index in [0.29, 0.717) is 43.0 Å². The summed E-state index contributed by atoms with van der Waals surface area (Å²) in [4.78, 5) is 32.8. The van der Waals surface area contributed by atoms with Gasteiger partial charge in [0.05, 0.1) is 31.9 Å². The number of ether oxygens (including phenoxy) is 2. The topological polar surface area (TPSA) is 69.9 Å². The van der Waals surface area contributed by atoms with E-state index in [1.54, 1.807) is 35.8 Å². The van der Waals surface area contributed by atoms with Crippen molar-refractivity contribution >= 4 is 46.6 Å². The van der Waals surface area contributed by atoms with Crippen LogP contribution in [0.4, 0.5) is 0 Å². The maximum absolute atomic E-state index is 14.0. The molecule has 1 aliphatic heterocycles. The Hall–Kier alpha value is -4.43. The first-order valence-electron chi connectivity index (χ1n) is 13.8. The van der Waals surface area contributed by atoms with Gasteiger partial charge in [-0.05, 0) is 59.5 Å². The van der Waals surface area contributed by atoms with Gasteiger partial charge in [0.2, 0.25) is 0 Å². The van der Waals surface area contributed by atoms with Crippen molar-refractivity contribution in [2.75, 3.05) is 0 Å². The first-order chi connectivity index (χ1) is 21.4. The predicted octanol–water partition coefficient (Wildman–Crippen LogP) is 6.86. The van der Waals surface area contributed by atoms with Crippen LogP contribution in [0.2, 0.25) is 10.0 Å². The number of rotatable bonds is 8. The summed E-state index contributed by atoms with van der Waals surface area (Å²) in [6.45, 7) is 2.28. The lowest BCUT2D eigenvalue weighted by atomic mass is 9.96. The number of thiazole rings is 1. The van der Waals surface area contributed by atoms with E-state index in [2.05, 4.69) is 4.99 Å². The summed E-state index contributed by atoms with van der Waals surface area (Å²) in [5.74, 6) is 0.127. The first kappa shape index (κ1) is 29.6. The second-order valence-corrected chi connectivity index (χ2v) is 12.0. The fourth-order valence-electron chi connectivity index (χ4n) is 4.94. The van der Waals surface area contributed by atoms with E-state index in [1.807, 2.05) is 84.9 Å². The summed E-state index contributed by atoms with van der Waals surface area (Å²) < 4.78 is 13.7. The maximum atomic E-state index is 14.0. The lowest BCUT2D eigenvalue weighted by molar-refractivity contribution is -0.140. The van der Waals surface area contributed by atoms with Crippen LogP contribution >= 0.6 is 34.5 Å². The van der Waals surface area contributed by atoms with Crippen LogP contribution in [0.15, 0.2) is 124 Å². The maximum Gasteiger partial charge on any atom is 0.338 e. The van der Waals surface area contributed by atoms with Gasteiger partial charge in [-0.1, -0.05) is 113 Å². The first-order valence-corrected chi connectivity index (χ1v) is 15.4. The zero-order valence-electron chi connectivity index (χ0n) is 23.6. The van der Waals surface area contributed by atoms with Crippen molar-refractivity contribution in [2.24, 2.45) is 4.99 Å². The van der Waals surface area contributed by atoms with Gasteiger partial charge in [0.15, 0.2) is 4.80 Å². The molecule has 44 heavy (non-hydrogen) atoms. The highest BCUT2D eigenvalue weighted by Gasteiger charge is 2.33. The molecular formula is C35H26Cl2N2O4S. The standard InChI is InChI=1S/C35H26Cl2N2O4S/c1-22-31(34(41)43-21-24-10-6-3-7-11-24)32(26-13-15-27(16-14-26)42-20-23-8-4-2-5-9-23)39-33(40)30(44-35(39)38-22)19-25-12-17-28(36)29(37)18-25/h2-19,32H,20-21H2,1H3/b30-19+/t32-/m0/s1. The number of carbonyl (C=O) groups excluding carboxylic acids is 1. The number of nitrogens with zero attached hydrogens (tertiary/aromatic N) is 2. The zero-order chi connectivity index (χ0) is 30.6. The highest BCUT2D eigenvalue weighted by atomic mass is 35.5. The van der Waals surface area contributed by atoms with Gasteiger partial charge in [0, 0.05) is 0 Å². The Bertz CT molecular complexity index is 2040. The molecule has 9 heteroatoms. The molecule has 1 aromatic heterocycles. The van der Waals surface area contributed by atoms with E-state index in [4.69, 9.17) is 32.7 Å². The summed E-state index contributed by atoms with van der Waals surface area (Å²) in [7, 11) is 0. The highest BCUT2D eigenvalue weighted by Crippen LogP contribution is 2.32. The predicted molar refractivity (Wildman–Crippen MR) is 174 cm³/mol. The van der Waals surface area contributed by atoms with Crippen molar-refractivity contribution in [3.63, 3.8) is 0 Å². The molecule has 0 aliphatic carbocycles. The second kappa shape index (κ2) is 13.1.